The third-order valence-corrected chi connectivity index (χ3v) is 4.02. The quantitative estimate of drug-likeness (QED) is 0.450. The zero-order valence-electron chi connectivity index (χ0n) is 11.2. The van der Waals surface area contributed by atoms with Crippen molar-refractivity contribution < 1.29 is 0 Å². The summed E-state index contributed by atoms with van der Waals surface area (Å²) in [6.07, 6.45) is 8.36. The molecule has 0 fully saturated rings. The molecule has 0 aliphatic heterocycles. The predicted octanol–water partition coefficient (Wildman–Crippen LogP) is 5.55. The van der Waals surface area contributed by atoms with Gasteiger partial charge in [0.1, 0.15) is 0 Å². The molecule has 1 rings (SSSR count). The lowest BCUT2D eigenvalue weighted by molar-refractivity contribution is 0.569. The molecule has 94 valence electrons. The molecule has 1 aromatic carbocycles. The summed E-state index contributed by atoms with van der Waals surface area (Å²) in [5, 5.41) is 0.684. The first-order valence-corrected chi connectivity index (χ1v) is 7.52. The van der Waals surface area contributed by atoms with Gasteiger partial charge in [0.15, 0.2) is 0 Å². The molecule has 2 atom stereocenters. The molecular formula is C16H24S. The summed E-state index contributed by atoms with van der Waals surface area (Å²) >= 11 is 1.99. The van der Waals surface area contributed by atoms with Gasteiger partial charge in [-0.05, 0) is 37.3 Å². The van der Waals surface area contributed by atoms with Gasteiger partial charge in [-0.25, -0.2) is 0 Å². The fraction of sp³-hybridized carbons (Fsp3) is 0.500. The number of hydrogen-bond donors (Lipinski definition) is 0. The molecule has 0 saturated carbocycles. The molecule has 0 aliphatic carbocycles. The molecule has 0 amide bonds. The van der Waals surface area contributed by atoms with E-state index in [0.29, 0.717) is 5.25 Å². The Bertz CT molecular complexity index is 316. The van der Waals surface area contributed by atoms with Crippen molar-refractivity contribution in [3.8, 4) is 0 Å². The van der Waals surface area contributed by atoms with E-state index in [1.165, 1.54) is 17.7 Å². The number of thioether (sulfide) groups is 1. The van der Waals surface area contributed by atoms with Gasteiger partial charge in [-0.1, -0.05) is 51.1 Å². The standard InChI is InChI=1S/C16H24S/c1-4-6-10-15(5-2)13-14(3)17-16-11-8-7-9-12-16/h6-12,14-15H,4-5,13H2,1-3H3/b10-6+. The van der Waals surface area contributed by atoms with Crippen molar-refractivity contribution in [2.75, 3.05) is 0 Å². The lowest BCUT2D eigenvalue weighted by Crippen LogP contribution is -2.04. The first kappa shape index (κ1) is 14.4. The predicted molar refractivity (Wildman–Crippen MR) is 79.6 cm³/mol. The fourth-order valence-corrected chi connectivity index (χ4v) is 3.04. The smallest absolute Gasteiger partial charge is 0.00746 e. The van der Waals surface area contributed by atoms with E-state index >= 15 is 0 Å². The van der Waals surface area contributed by atoms with Gasteiger partial charge in [-0.15, -0.1) is 11.8 Å². The van der Waals surface area contributed by atoms with Crippen LogP contribution < -0.4 is 0 Å². The molecule has 0 bridgehead atoms. The maximum absolute atomic E-state index is 2.39. The zero-order valence-corrected chi connectivity index (χ0v) is 12.0. The molecule has 0 spiro atoms. The number of rotatable bonds is 7. The lowest BCUT2D eigenvalue weighted by atomic mass is 10.00. The van der Waals surface area contributed by atoms with Crippen molar-refractivity contribution in [1.82, 2.24) is 0 Å². The average molecular weight is 248 g/mol. The molecule has 0 heterocycles. The van der Waals surface area contributed by atoms with Crippen LogP contribution in [0.5, 0.6) is 0 Å². The summed E-state index contributed by atoms with van der Waals surface area (Å²) in [5.74, 6) is 0.737. The summed E-state index contributed by atoms with van der Waals surface area (Å²) in [6, 6.07) is 10.7. The van der Waals surface area contributed by atoms with Crippen LogP contribution >= 0.6 is 11.8 Å². The molecule has 0 saturated heterocycles. The molecule has 0 N–H and O–H groups in total. The summed E-state index contributed by atoms with van der Waals surface area (Å²) in [7, 11) is 0. The SMILES string of the molecule is CC/C=C/C(CC)CC(C)Sc1ccccc1. The van der Waals surface area contributed by atoms with Crippen LogP contribution in [0.1, 0.15) is 40.0 Å². The summed E-state index contributed by atoms with van der Waals surface area (Å²) in [5.41, 5.74) is 0. The van der Waals surface area contributed by atoms with Gasteiger partial charge < -0.3 is 0 Å². The highest BCUT2D eigenvalue weighted by Crippen LogP contribution is 2.28. The highest BCUT2D eigenvalue weighted by molar-refractivity contribution is 7.99. The topological polar surface area (TPSA) is 0 Å². The Morgan fingerprint density at radius 3 is 2.47 bits per heavy atom. The Hall–Kier alpha value is -0.690. The molecule has 1 heteroatoms. The van der Waals surface area contributed by atoms with Crippen LogP contribution in [-0.2, 0) is 0 Å². The Morgan fingerprint density at radius 1 is 1.18 bits per heavy atom. The van der Waals surface area contributed by atoms with Crippen molar-refractivity contribution in [1.29, 1.82) is 0 Å². The Labute approximate surface area is 111 Å². The normalized spacial score (nSPS) is 15.0. The highest BCUT2D eigenvalue weighted by atomic mass is 32.2. The van der Waals surface area contributed by atoms with Crippen LogP contribution in [0.3, 0.4) is 0 Å². The average Bonchev–Trinajstić information content (AvgIpc) is 2.35. The van der Waals surface area contributed by atoms with Crippen molar-refractivity contribution in [2.45, 2.75) is 50.2 Å². The first-order valence-electron chi connectivity index (χ1n) is 6.64. The fourth-order valence-electron chi connectivity index (χ4n) is 1.92. The van der Waals surface area contributed by atoms with E-state index in [2.05, 4.69) is 63.3 Å². The van der Waals surface area contributed by atoms with Crippen molar-refractivity contribution >= 4 is 11.8 Å². The van der Waals surface area contributed by atoms with Crippen LogP contribution in [0.4, 0.5) is 0 Å². The molecule has 0 aliphatic rings. The van der Waals surface area contributed by atoms with E-state index < -0.39 is 0 Å². The largest absolute Gasteiger partial charge is 0.123 e. The van der Waals surface area contributed by atoms with E-state index in [4.69, 9.17) is 0 Å². The summed E-state index contributed by atoms with van der Waals surface area (Å²) < 4.78 is 0. The van der Waals surface area contributed by atoms with Gasteiger partial charge in [-0.3, -0.25) is 0 Å². The van der Waals surface area contributed by atoms with Crippen LogP contribution in [0.25, 0.3) is 0 Å². The molecule has 2 unspecified atom stereocenters. The Balaban J connectivity index is 2.42. The van der Waals surface area contributed by atoms with Gasteiger partial charge in [0.05, 0.1) is 0 Å². The second-order valence-corrected chi connectivity index (χ2v) is 5.99. The minimum Gasteiger partial charge on any atom is -0.123 e. The molecule has 0 radical (unpaired) electrons. The molecule has 0 nitrogen and oxygen atoms in total. The number of benzene rings is 1. The summed E-state index contributed by atoms with van der Waals surface area (Å²) in [4.78, 5) is 1.38. The minimum atomic E-state index is 0.684. The second kappa shape index (κ2) is 8.41. The molecule has 17 heavy (non-hydrogen) atoms. The van der Waals surface area contributed by atoms with Crippen LogP contribution in [0.15, 0.2) is 47.4 Å². The van der Waals surface area contributed by atoms with E-state index in [1.54, 1.807) is 0 Å². The Kier molecular flexibility index (Phi) is 7.11. The minimum absolute atomic E-state index is 0.684. The first-order chi connectivity index (χ1) is 8.26. The molecular weight excluding hydrogens is 224 g/mol. The van der Waals surface area contributed by atoms with E-state index in [9.17, 15) is 0 Å². The van der Waals surface area contributed by atoms with Crippen LogP contribution in [-0.4, -0.2) is 5.25 Å². The van der Waals surface area contributed by atoms with Crippen molar-refractivity contribution in [3.05, 3.63) is 42.5 Å². The third kappa shape index (κ3) is 5.97. The lowest BCUT2D eigenvalue weighted by Gasteiger charge is -2.16. The highest BCUT2D eigenvalue weighted by Gasteiger charge is 2.09. The third-order valence-electron chi connectivity index (χ3n) is 2.88. The monoisotopic (exact) mass is 248 g/mol. The summed E-state index contributed by atoms with van der Waals surface area (Å²) in [6.45, 7) is 6.82. The zero-order chi connectivity index (χ0) is 12.5. The molecule has 1 aromatic rings. The van der Waals surface area contributed by atoms with Gasteiger partial charge in [0, 0.05) is 10.1 Å². The number of allylic oxidation sites excluding steroid dienone is 2. The second-order valence-electron chi connectivity index (χ2n) is 4.48. The van der Waals surface area contributed by atoms with Gasteiger partial charge in [0.25, 0.3) is 0 Å². The van der Waals surface area contributed by atoms with E-state index in [1.807, 2.05) is 11.8 Å². The van der Waals surface area contributed by atoms with Crippen LogP contribution in [0, 0.1) is 5.92 Å². The number of hydrogen-bond acceptors (Lipinski definition) is 1. The Morgan fingerprint density at radius 2 is 1.88 bits per heavy atom. The molecule has 0 aromatic heterocycles. The van der Waals surface area contributed by atoms with E-state index in [0.717, 1.165) is 12.3 Å². The van der Waals surface area contributed by atoms with Gasteiger partial charge in [0.2, 0.25) is 0 Å². The van der Waals surface area contributed by atoms with Crippen molar-refractivity contribution in [3.63, 3.8) is 0 Å². The van der Waals surface area contributed by atoms with Gasteiger partial charge in [-0.2, -0.15) is 0 Å². The maximum atomic E-state index is 2.39. The maximum Gasteiger partial charge on any atom is 0.00746 e. The van der Waals surface area contributed by atoms with Gasteiger partial charge >= 0.3 is 0 Å². The van der Waals surface area contributed by atoms with Crippen LogP contribution in [0.2, 0.25) is 0 Å². The van der Waals surface area contributed by atoms with E-state index in [-0.39, 0.29) is 0 Å². The van der Waals surface area contributed by atoms with Crippen molar-refractivity contribution in [2.24, 2.45) is 5.92 Å².